The van der Waals surface area contributed by atoms with E-state index in [4.69, 9.17) is 5.11 Å². The first kappa shape index (κ1) is 51.1. The lowest BCUT2D eigenvalue weighted by atomic mass is 10.0. The van der Waals surface area contributed by atoms with E-state index in [1.54, 1.807) is 52.4 Å². The number of alkyl halides is 6. The fourth-order valence-electron chi connectivity index (χ4n) is 8.47. The van der Waals surface area contributed by atoms with Crippen LogP contribution < -0.4 is 20.4 Å². The number of hydrogen-bond acceptors (Lipinski definition) is 11. The molecule has 2 aliphatic heterocycles. The fourth-order valence-corrected chi connectivity index (χ4v) is 8.47. The fraction of sp³-hybridized carbons (Fsp3) is 0.306. The highest BCUT2D eigenvalue weighted by molar-refractivity contribution is 6.01. The number of carboxylic acid groups (broad SMARTS) is 1. The van der Waals surface area contributed by atoms with Crippen molar-refractivity contribution in [2.45, 2.75) is 64.5 Å². The zero-order valence-corrected chi connectivity index (χ0v) is 38.4. The predicted molar refractivity (Wildman–Crippen MR) is 245 cm³/mol. The Kier molecular flexibility index (Phi) is 15.2. The first-order valence-corrected chi connectivity index (χ1v) is 22.0. The molecule has 16 nitrogen and oxygen atoms in total. The Bertz CT molecular complexity index is 2920. The van der Waals surface area contributed by atoms with Gasteiger partial charge in [0.2, 0.25) is 0 Å². The Morgan fingerprint density at radius 3 is 1.37 bits per heavy atom. The predicted octanol–water partition coefficient (Wildman–Crippen LogP) is 6.87. The molecule has 5 N–H and O–H groups in total. The van der Waals surface area contributed by atoms with E-state index in [2.05, 4.69) is 25.6 Å². The minimum atomic E-state index is -4.45. The van der Waals surface area contributed by atoms with Gasteiger partial charge < -0.3 is 40.5 Å². The highest BCUT2D eigenvalue weighted by Gasteiger charge is 2.35. The van der Waals surface area contributed by atoms with E-state index in [1.165, 1.54) is 55.6 Å². The summed E-state index contributed by atoms with van der Waals surface area (Å²) in [5, 5.41) is 43.2. The number of aromatic nitrogens is 4. The van der Waals surface area contributed by atoms with Crippen molar-refractivity contribution in [1.82, 2.24) is 30.2 Å². The van der Waals surface area contributed by atoms with Gasteiger partial charge >= 0.3 is 24.3 Å². The number of carbonyl (C=O) groups excluding carboxylic acids is 3. The Morgan fingerprint density at radius 1 is 0.620 bits per heavy atom. The number of anilines is 2. The molecule has 6 aromatic rings. The molecule has 0 bridgehead atoms. The highest BCUT2D eigenvalue weighted by Crippen LogP contribution is 2.35. The lowest BCUT2D eigenvalue weighted by molar-refractivity contribution is -0.138. The molecule has 71 heavy (non-hydrogen) atoms. The third-order valence-corrected chi connectivity index (χ3v) is 11.9. The van der Waals surface area contributed by atoms with Crippen LogP contribution in [0.5, 0.6) is 0 Å². The van der Waals surface area contributed by atoms with E-state index in [0.29, 0.717) is 82.6 Å². The minimum absolute atomic E-state index is 0.0762. The summed E-state index contributed by atoms with van der Waals surface area (Å²) < 4.78 is 86.8. The highest BCUT2D eigenvalue weighted by atomic mass is 19.4. The van der Waals surface area contributed by atoms with Gasteiger partial charge in [-0.15, -0.1) is 0 Å². The number of hydrogen-bond donors (Lipinski definition) is 5. The van der Waals surface area contributed by atoms with E-state index in [1.807, 2.05) is 4.90 Å². The number of carboxylic acids is 1. The van der Waals surface area contributed by atoms with Crippen LogP contribution in [0.1, 0.15) is 98.3 Å². The first-order chi connectivity index (χ1) is 33.7. The molecule has 2 aliphatic rings. The van der Waals surface area contributed by atoms with Gasteiger partial charge in [0.25, 0.3) is 11.8 Å². The lowest BCUT2D eigenvalue weighted by Crippen LogP contribution is -2.32. The van der Waals surface area contributed by atoms with Gasteiger partial charge in [-0.1, -0.05) is 48.5 Å². The summed E-state index contributed by atoms with van der Waals surface area (Å²) >= 11 is 0. The summed E-state index contributed by atoms with van der Waals surface area (Å²) in [6.07, 6.45) is -8.90. The minimum Gasteiger partial charge on any atom is -0.478 e. The second kappa shape index (κ2) is 21.1. The lowest BCUT2D eigenvalue weighted by Gasteiger charge is -2.21. The number of esters is 1. The molecular weight excluding hydrogens is 943 g/mol. The monoisotopic (exact) mass is 990 g/mol. The van der Waals surface area contributed by atoms with E-state index in [0.717, 1.165) is 24.3 Å². The van der Waals surface area contributed by atoms with Gasteiger partial charge in [0.05, 0.1) is 79.1 Å². The van der Waals surface area contributed by atoms with Gasteiger partial charge in [-0.2, -0.15) is 36.5 Å². The van der Waals surface area contributed by atoms with Crippen LogP contribution in [-0.4, -0.2) is 92.0 Å². The van der Waals surface area contributed by atoms with E-state index in [9.17, 15) is 55.7 Å². The number of aliphatic hydroxyl groups excluding tert-OH is 2. The molecular formula is C49H48F6N8O8. The third-order valence-electron chi connectivity index (χ3n) is 11.9. The molecule has 8 rings (SSSR count). The maximum absolute atomic E-state index is 13.3. The molecule has 2 aromatic heterocycles. The summed E-state index contributed by atoms with van der Waals surface area (Å²) in [6.45, 7) is 4.79. The molecule has 0 radical (unpaired) electrons. The van der Waals surface area contributed by atoms with Gasteiger partial charge in [-0.25, -0.2) is 19.0 Å². The molecule has 374 valence electrons. The smallest absolute Gasteiger partial charge is 0.416 e. The van der Waals surface area contributed by atoms with Crippen molar-refractivity contribution < 1.29 is 65.6 Å². The number of methoxy groups -OCH3 is 1. The van der Waals surface area contributed by atoms with Crippen LogP contribution in [-0.2, 0) is 43.3 Å². The second-order valence-corrected chi connectivity index (χ2v) is 16.7. The van der Waals surface area contributed by atoms with Crippen LogP contribution in [0, 0.1) is 13.8 Å². The van der Waals surface area contributed by atoms with Crippen molar-refractivity contribution in [1.29, 1.82) is 0 Å². The molecule has 0 saturated heterocycles. The summed E-state index contributed by atoms with van der Waals surface area (Å²) in [7, 11) is 1.27. The number of benzene rings is 4. The number of aliphatic hydroxyl groups is 2. The quantitative estimate of drug-likeness (QED) is 0.0561. The van der Waals surface area contributed by atoms with Crippen LogP contribution in [0.4, 0.5) is 38.0 Å². The molecule has 2 atom stereocenters. The Labute approximate surface area is 402 Å². The Balaban J connectivity index is 0.000000209. The normalized spacial score (nSPS) is 14.0. The molecule has 0 fully saturated rings. The molecule has 0 unspecified atom stereocenters. The van der Waals surface area contributed by atoms with Crippen molar-refractivity contribution in [3.05, 3.63) is 164 Å². The van der Waals surface area contributed by atoms with Crippen LogP contribution in [0.2, 0.25) is 0 Å². The summed E-state index contributed by atoms with van der Waals surface area (Å²) in [5.41, 5.74) is 2.44. The van der Waals surface area contributed by atoms with Crippen molar-refractivity contribution >= 4 is 35.4 Å². The molecule has 22 heteroatoms. The number of halogens is 6. The number of ether oxygens (including phenoxy) is 1. The van der Waals surface area contributed by atoms with Gasteiger partial charge in [-0.3, -0.25) is 9.59 Å². The molecule has 0 saturated carbocycles. The summed E-state index contributed by atoms with van der Waals surface area (Å²) in [6, 6.07) is 20.7. The number of rotatable bonds is 14. The standard InChI is InChI=1S/C25H25F3N4O4.C24H23F3N4O4/c1-15-21(22(34)29-20(14-33)17-6-8-18(9-7-17)24(35)36-2)23-31(10-11-32(23)30-15)13-16-4-3-5-19(12-16)25(26,27)28;1-14-20(21(33)28-19(13-32)16-5-7-17(8-6-16)23(34)35)22-30(9-10-31(22)29-14)12-15-3-2-4-18(11-15)24(25,26)27/h3-9,12,20,33H,10-11,13-14H2,1-2H3,(H,29,34);2-8,11,19,32H,9-10,12-13H2,1H3,(H,28,33)(H,34,35)/t20-;19-/m00/s1. The topological polar surface area (TPSA) is 204 Å². The summed E-state index contributed by atoms with van der Waals surface area (Å²) in [4.78, 5) is 52.9. The largest absolute Gasteiger partial charge is 0.478 e. The van der Waals surface area contributed by atoms with Crippen molar-refractivity contribution in [3.63, 3.8) is 0 Å². The van der Waals surface area contributed by atoms with Crippen molar-refractivity contribution in [2.75, 3.05) is 43.2 Å². The Morgan fingerprint density at radius 2 is 1.01 bits per heavy atom. The van der Waals surface area contributed by atoms with Gasteiger partial charge in [-0.05, 0) is 84.6 Å². The third kappa shape index (κ3) is 11.5. The number of aromatic carboxylic acids is 1. The average molecular weight is 991 g/mol. The summed E-state index contributed by atoms with van der Waals surface area (Å²) in [5.74, 6) is -1.55. The Hall–Kier alpha value is -7.72. The van der Waals surface area contributed by atoms with Gasteiger partial charge in [0.15, 0.2) is 0 Å². The van der Waals surface area contributed by atoms with E-state index < -0.39 is 65.9 Å². The number of nitrogens with one attached hydrogen (secondary N) is 2. The molecule has 2 amide bonds. The van der Waals surface area contributed by atoms with Crippen LogP contribution in [0.15, 0.2) is 97.1 Å². The number of fused-ring (bicyclic) bond motifs is 2. The number of nitrogens with zero attached hydrogens (tertiary/aromatic N) is 6. The van der Waals surface area contributed by atoms with Crippen molar-refractivity contribution in [2.24, 2.45) is 0 Å². The van der Waals surface area contributed by atoms with Crippen LogP contribution in [0.3, 0.4) is 0 Å². The van der Waals surface area contributed by atoms with Gasteiger partial charge in [0, 0.05) is 26.2 Å². The zero-order chi connectivity index (χ0) is 51.4. The van der Waals surface area contributed by atoms with E-state index in [-0.39, 0.29) is 30.8 Å². The molecule has 0 spiro atoms. The first-order valence-electron chi connectivity index (χ1n) is 22.0. The van der Waals surface area contributed by atoms with Gasteiger partial charge in [0.1, 0.15) is 22.8 Å². The maximum atomic E-state index is 13.3. The second-order valence-electron chi connectivity index (χ2n) is 16.7. The van der Waals surface area contributed by atoms with E-state index >= 15 is 0 Å². The van der Waals surface area contributed by atoms with Crippen molar-refractivity contribution in [3.8, 4) is 0 Å². The number of amides is 2. The molecule has 0 aliphatic carbocycles. The SMILES string of the molecule is COC(=O)c1ccc([C@H](CO)NC(=O)c2c(C)nn3c2N(Cc2cccc(C(F)(F)F)c2)CC3)cc1.Cc1nn2c(c1C(=O)N[C@@H](CO)c1ccc(C(=O)O)cc1)N(Cc1cccc(C(F)(F)F)c1)CC2. The van der Waals surface area contributed by atoms with Crippen LogP contribution in [0.25, 0.3) is 0 Å². The molecule has 4 aromatic carbocycles. The maximum Gasteiger partial charge on any atom is 0.416 e. The number of carbonyl (C=O) groups is 4. The molecule has 4 heterocycles. The number of aryl methyl sites for hydroxylation is 2. The van der Waals surface area contributed by atoms with Crippen LogP contribution >= 0.6 is 0 Å². The zero-order valence-electron chi connectivity index (χ0n) is 38.4. The average Bonchev–Trinajstić information content (AvgIpc) is 4.10.